The Morgan fingerprint density at radius 3 is 2.18 bits per heavy atom. The van der Waals surface area contributed by atoms with Crippen LogP contribution in [-0.4, -0.2) is 40.8 Å². The molecule has 1 unspecified atom stereocenters. The molecule has 4 N–H and O–H groups in total. The molecule has 1 aliphatic rings. The number of anilines is 1. The second-order valence-corrected chi connectivity index (χ2v) is 8.11. The molecule has 3 aromatic rings. The summed E-state index contributed by atoms with van der Waals surface area (Å²) in [7, 11) is 0. The first-order valence-corrected chi connectivity index (χ1v) is 10.8. The summed E-state index contributed by atoms with van der Waals surface area (Å²) in [4.78, 5) is 36.5. The molecule has 8 nitrogen and oxygen atoms in total. The number of aromatic hydroxyl groups is 1. The number of carboxylic acids is 1. The number of hydrogen-bond acceptors (Lipinski definition) is 5. The molecule has 0 saturated heterocycles. The number of aliphatic carboxylic acids is 1. The maximum atomic E-state index is 12.7. The standard InChI is InChI=1S/C26H24N2O6/c1-15-12-16(10-11-23(15)29)27-25(32)22(13-24(30)31)28-26(33)34-14-21-19-8-4-2-6-17(19)18-7-3-5-9-20(18)21/h2-12,21-22,29H,13-14H2,1H3,(H,27,32)(H,28,33)(H,30,31). The fraction of sp³-hybridized carbons (Fsp3) is 0.192. The molecule has 0 radical (unpaired) electrons. The molecule has 0 spiro atoms. The number of amides is 2. The largest absolute Gasteiger partial charge is 0.508 e. The predicted molar refractivity (Wildman–Crippen MR) is 126 cm³/mol. The van der Waals surface area contributed by atoms with Crippen LogP contribution < -0.4 is 10.6 Å². The summed E-state index contributed by atoms with van der Waals surface area (Å²) in [5.74, 6) is -2.05. The van der Waals surface area contributed by atoms with E-state index >= 15 is 0 Å². The minimum Gasteiger partial charge on any atom is -0.508 e. The number of phenols is 1. The van der Waals surface area contributed by atoms with E-state index in [0.29, 0.717) is 11.3 Å². The summed E-state index contributed by atoms with van der Waals surface area (Å²) in [6.07, 6.45) is -1.50. The number of carbonyl (C=O) groups is 3. The average Bonchev–Trinajstić information content (AvgIpc) is 3.13. The third-order valence-corrected chi connectivity index (χ3v) is 5.80. The van der Waals surface area contributed by atoms with E-state index in [1.807, 2.05) is 48.5 Å². The number of carbonyl (C=O) groups excluding carboxylic acids is 2. The van der Waals surface area contributed by atoms with E-state index in [0.717, 1.165) is 22.3 Å². The first-order valence-electron chi connectivity index (χ1n) is 10.8. The van der Waals surface area contributed by atoms with Gasteiger partial charge >= 0.3 is 12.1 Å². The molecule has 1 atom stereocenters. The van der Waals surface area contributed by atoms with Crippen molar-refractivity contribution in [2.75, 3.05) is 11.9 Å². The second-order valence-electron chi connectivity index (χ2n) is 8.11. The zero-order valence-corrected chi connectivity index (χ0v) is 18.4. The van der Waals surface area contributed by atoms with E-state index in [1.165, 1.54) is 12.1 Å². The van der Waals surface area contributed by atoms with Crippen LogP contribution >= 0.6 is 0 Å². The van der Waals surface area contributed by atoms with Gasteiger partial charge in [-0.25, -0.2) is 4.79 Å². The predicted octanol–water partition coefficient (Wildman–Crippen LogP) is 4.02. The number of benzene rings is 3. The smallest absolute Gasteiger partial charge is 0.407 e. The Morgan fingerprint density at radius 2 is 1.59 bits per heavy atom. The molecule has 8 heteroatoms. The van der Waals surface area contributed by atoms with Gasteiger partial charge in [0.15, 0.2) is 0 Å². The topological polar surface area (TPSA) is 125 Å². The first-order chi connectivity index (χ1) is 16.3. The Hall–Kier alpha value is -4.33. The summed E-state index contributed by atoms with van der Waals surface area (Å²) in [6, 6.07) is 18.9. The monoisotopic (exact) mass is 460 g/mol. The van der Waals surface area contributed by atoms with Crippen LogP contribution in [0, 0.1) is 6.92 Å². The van der Waals surface area contributed by atoms with Crippen molar-refractivity contribution in [1.29, 1.82) is 0 Å². The van der Waals surface area contributed by atoms with Crippen molar-refractivity contribution in [2.24, 2.45) is 0 Å². The van der Waals surface area contributed by atoms with Gasteiger partial charge in [0.25, 0.3) is 0 Å². The van der Waals surface area contributed by atoms with E-state index in [9.17, 15) is 24.6 Å². The molecule has 34 heavy (non-hydrogen) atoms. The molecule has 0 aromatic heterocycles. The number of rotatable bonds is 7. The number of aryl methyl sites for hydroxylation is 1. The summed E-state index contributed by atoms with van der Waals surface area (Å²) in [6.45, 7) is 1.70. The van der Waals surface area contributed by atoms with E-state index in [2.05, 4.69) is 10.6 Å². The first kappa shape index (κ1) is 22.8. The van der Waals surface area contributed by atoms with Crippen LogP contribution in [0.5, 0.6) is 5.75 Å². The molecule has 2 amide bonds. The number of ether oxygens (including phenoxy) is 1. The molecule has 174 valence electrons. The van der Waals surface area contributed by atoms with Crippen molar-refractivity contribution < 1.29 is 29.3 Å². The number of fused-ring (bicyclic) bond motifs is 3. The lowest BCUT2D eigenvalue weighted by Crippen LogP contribution is -2.45. The second kappa shape index (κ2) is 9.66. The van der Waals surface area contributed by atoms with Crippen molar-refractivity contribution in [2.45, 2.75) is 25.3 Å². The Morgan fingerprint density at radius 1 is 0.971 bits per heavy atom. The fourth-order valence-electron chi connectivity index (χ4n) is 4.13. The lowest BCUT2D eigenvalue weighted by atomic mass is 9.98. The highest BCUT2D eigenvalue weighted by Gasteiger charge is 2.30. The number of phenolic OH excluding ortho intramolecular Hbond substituents is 1. The summed E-state index contributed by atoms with van der Waals surface area (Å²) < 4.78 is 5.43. The van der Waals surface area contributed by atoms with Crippen LogP contribution in [0.3, 0.4) is 0 Å². The Balaban J connectivity index is 1.43. The van der Waals surface area contributed by atoms with Gasteiger partial charge in [-0.1, -0.05) is 48.5 Å². The lowest BCUT2D eigenvalue weighted by molar-refractivity contribution is -0.139. The van der Waals surface area contributed by atoms with Gasteiger partial charge < -0.3 is 25.6 Å². The maximum absolute atomic E-state index is 12.7. The zero-order chi connectivity index (χ0) is 24.2. The third-order valence-electron chi connectivity index (χ3n) is 5.80. The lowest BCUT2D eigenvalue weighted by Gasteiger charge is -2.19. The summed E-state index contributed by atoms with van der Waals surface area (Å²) >= 11 is 0. The van der Waals surface area contributed by atoms with Gasteiger partial charge in [-0.3, -0.25) is 9.59 Å². The van der Waals surface area contributed by atoms with Gasteiger partial charge in [-0.2, -0.15) is 0 Å². The summed E-state index contributed by atoms with van der Waals surface area (Å²) in [5.41, 5.74) is 5.15. The van der Waals surface area contributed by atoms with Gasteiger partial charge in [0.1, 0.15) is 18.4 Å². The van der Waals surface area contributed by atoms with Crippen LogP contribution in [-0.2, 0) is 14.3 Å². The highest BCUT2D eigenvalue weighted by Crippen LogP contribution is 2.44. The zero-order valence-electron chi connectivity index (χ0n) is 18.4. The van der Waals surface area contributed by atoms with Crippen molar-refractivity contribution >= 4 is 23.7 Å². The van der Waals surface area contributed by atoms with Gasteiger partial charge in [0.2, 0.25) is 5.91 Å². The van der Waals surface area contributed by atoms with Crippen molar-refractivity contribution in [3.8, 4) is 16.9 Å². The fourth-order valence-corrected chi connectivity index (χ4v) is 4.13. The SMILES string of the molecule is Cc1cc(NC(=O)C(CC(=O)O)NC(=O)OCC2c3ccccc3-c3ccccc32)ccc1O. The van der Waals surface area contributed by atoms with E-state index in [4.69, 9.17) is 4.74 Å². The molecule has 4 rings (SSSR count). The van der Waals surface area contributed by atoms with E-state index < -0.39 is 30.4 Å². The Kier molecular flexibility index (Phi) is 6.49. The van der Waals surface area contributed by atoms with Gasteiger partial charge in [0, 0.05) is 11.6 Å². The average molecular weight is 460 g/mol. The quantitative estimate of drug-likeness (QED) is 0.395. The molecule has 0 saturated carbocycles. The minimum atomic E-state index is -1.35. The molecule has 3 aromatic carbocycles. The minimum absolute atomic E-state index is 0.0401. The van der Waals surface area contributed by atoms with Crippen molar-refractivity contribution in [1.82, 2.24) is 5.32 Å². The molecule has 0 fully saturated rings. The Labute approximate surface area is 196 Å². The van der Waals surface area contributed by atoms with Crippen LogP contribution in [0.15, 0.2) is 66.7 Å². The van der Waals surface area contributed by atoms with E-state index in [1.54, 1.807) is 13.0 Å². The van der Waals surface area contributed by atoms with Crippen LogP contribution in [0.4, 0.5) is 10.5 Å². The number of hydrogen-bond donors (Lipinski definition) is 4. The highest BCUT2D eigenvalue weighted by molar-refractivity contribution is 5.98. The number of alkyl carbamates (subject to hydrolysis) is 1. The van der Waals surface area contributed by atoms with Crippen molar-refractivity contribution in [3.05, 3.63) is 83.4 Å². The van der Waals surface area contributed by atoms with Crippen LogP contribution in [0.25, 0.3) is 11.1 Å². The normalized spacial score (nSPS) is 12.9. The Bertz CT molecular complexity index is 1210. The summed E-state index contributed by atoms with van der Waals surface area (Å²) in [5, 5.41) is 23.8. The van der Waals surface area contributed by atoms with Crippen LogP contribution in [0.1, 0.15) is 29.0 Å². The molecular weight excluding hydrogens is 436 g/mol. The van der Waals surface area contributed by atoms with E-state index in [-0.39, 0.29) is 18.3 Å². The van der Waals surface area contributed by atoms with Crippen molar-refractivity contribution in [3.63, 3.8) is 0 Å². The van der Waals surface area contributed by atoms with Gasteiger partial charge in [0.05, 0.1) is 6.42 Å². The number of nitrogens with one attached hydrogen (secondary N) is 2. The third kappa shape index (κ3) is 4.85. The van der Waals surface area contributed by atoms with Gasteiger partial charge in [-0.05, 0) is 52.9 Å². The number of carboxylic acid groups (broad SMARTS) is 1. The van der Waals surface area contributed by atoms with Crippen LogP contribution in [0.2, 0.25) is 0 Å². The molecule has 0 heterocycles. The maximum Gasteiger partial charge on any atom is 0.407 e. The molecule has 0 aliphatic heterocycles. The molecule has 1 aliphatic carbocycles. The van der Waals surface area contributed by atoms with Gasteiger partial charge in [-0.15, -0.1) is 0 Å². The molecule has 0 bridgehead atoms. The highest BCUT2D eigenvalue weighted by atomic mass is 16.5. The molecular formula is C26H24N2O6.